The van der Waals surface area contributed by atoms with E-state index in [0.29, 0.717) is 19.0 Å². The summed E-state index contributed by atoms with van der Waals surface area (Å²) < 4.78 is 42.2. The lowest BCUT2D eigenvalue weighted by atomic mass is 9.98. The van der Waals surface area contributed by atoms with Gasteiger partial charge in [0.15, 0.2) is 5.96 Å². The Morgan fingerprint density at radius 1 is 1.33 bits per heavy atom. The van der Waals surface area contributed by atoms with Crippen LogP contribution in [0.15, 0.2) is 29.3 Å². The van der Waals surface area contributed by atoms with Crippen LogP contribution in [0.5, 0.6) is 5.75 Å². The summed E-state index contributed by atoms with van der Waals surface area (Å²) in [5.41, 5.74) is 1.26. The molecule has 1 N–H and O–H groups in total. The van der Waals surface area contributed by atoms with Gasteiger partial charge in [0.2, 0.25) is 0 Å². The number of halogens is 4. The van der Waals surface area contributed by atoms with E-state index in [1.54, 1.807) is 14.2 Å². The van der Waals surface area contributed by atoms with E-state index in [0.717, 1.165) is 31.2 Å². The van der Waals surface area contributed by atoms with Crippen LogP contribution in [0.4, 0.5) is 13.2 Å². The number of hydrogen-bond acceptors (Lipinski definition) is 3. The average Bonchev–Trinajstić information content (AvgIpc) is 3.07. The molecule has 27 heavy (non-hydrogen) atoms. The van der Waals surface area contributed by atoms with E-state index < -0.39 is 12.7 Å². The zero-order valence-electron chi connectivity index (χ0n) is 15.9. The van der Waals surface area contributed by atoms with Gasteiger partial charge in [-0.3, -0.25) is 9.89 Å². The van der Waals surface area contributed by atoms with Crippen molar-refractivity contribution >= 4 is 29.9 Å². The fourth-order valence-electron chi connectivity index (χ4n) is 3.18. The highest BCUT2D eigenvalue weighted by Crippen LogP contribution is 2.28. The highest BCUT2D eigenvalue weighted by atomic mass is 127. The van der Waals surface area contributed by atoms with Crippen molar-refractivity contribution in [1.82, 2.24) is 15.1 Å². The molecular weight excluding hydrogens is 472 g/mol. The van der Waals surface area contributed by atoms with Gasteiger partial charge in [-0.25, -0.2) is 0 Å². The van der Waals surface area contributed by atoms with Crippen molar-refractivity contribution in [1.29, 1.82) is 0 Å². The van der Waals surface area contributed by atoms with Crippen molar-refractivity contribution in [2.75, 3.05) is 53.9 Å². The van der Waals surface area contributed by atoms with Crippen LogP contribution in [-0.4, -0.2) is 75.9 Å². The number of rotatable bonds is 6. The summed E-state index contributed by atoms with van der Waals surface area (Å²) in [7, 11) is 4.81. The molecule has 0 radical (unpaired) electrons. The summed E-state index contributed by atoms with van der Waals surface area (Å²) >= 11 is 0. The van der Waals surface area contributed by atoms with Gasteiger partial charge in [0.05, 0.1) is 13.7 Å². The number of aliphatic imine (C=N–C) groups is 1. The van der Waals surface area contributed by atoms with Gasteiger partial charge >= 0.3 is 6.18 Å². The summed E-state index contributed by atoms with van der Waals surface area (Å²) in [6.07, 6.45) is -3.15. The van der Waals surface area contributed by atoms with Crippen LogP contribution in [0.3, 0.4) is 0 Å². The minimum atomic E-state index is -4.17. The third kappa shape index (κ3) is 7.73. The minimum Gasteiger partial charge on any atom is -0.497 e. The van der Waals surface area contributed by atoms with Gasteiger partial charge < -0.3 is 15.0 Å². The number of guanidine groups is 1. The Labute approximate surface area is 176 Å². The average molecular weight is 500 g/mol. The topological polar surface area (TPSA) is 40.1 Å². The SMILES string of the molecule is CN=C(NCCN(C)CC(F)(F)F)N1CCC(c2ccc(OC)cc2)C1.I. The van der Waals surface area contributed by atoms with E-state index in [-0.39, 0.29) is 24.0 Å². The van der Waals surface area contributed by atoms with E-state index in [4.69, 9.17) is 4.74 Å². The summed E-state index contributed by atoms with van der Waals surface area (Å²) in [5.74, 6) is 1.98. The van der Waals surface area contributed by atoms with Crippen LogP contribution in [0.25, 0.3) is 0 Å². The minimum absolute atomic E-state index is 0. The summed E-state index contributed by atoms with van der Waals surface area (Å²) in [6, 6.07) is 8.08. The first-order chi connectivity index (χ1) is 12.3. The van der Waals surface area contributed by atoms with Gasteiger partial charge in [-0.05, 0) is 31.2 Å². The van der Waals surface area contributed by atoms with Crippen molar-refractivity contribution in [3.8, 4) is 5.75 Å². The maximum absolute atomic E-state index is 12.4. The summed E-state index contributed by atoms with van der Waals surface area (Å²) in [5, 5.41) is 3.17. The first-order valence-electron chi connectivity index (χ1n) is 8.67. The molecule has 1 fully saturated rings. The molecule has 1 aromatic rings. The molecule has 1 atom stereocenters. The van der Waals surface area contributed by atoms with Crippen molar-refractivity contribution in [3.05, 3.63) is 29.8 Å². The van der Waals surface area contributed by atoms with E-state index in [9.17, 15) is 13.2 Å². The molecule has 0 aromatic heterocycles. The van der Waals surface area contributed by atoms with E-state index in [1.807, 2.05) is 12.1 Å². The van der Waals surface area contributed by atoms with Gasteiger partial charge in [-0.1, -0.05) is 12.1 Å². The molecular formula is C18H28F3IN4O. The van der Waals surface area contributed by atoms with Crippen molar-refractivity contribution in [2.24, 2.45) is 4.99 Å². The Balaban J connectivity index is 0.00000364. The maximum atomic E-state index is 12.4. The smallest absolute Gasteiger partial charge is 0.401 e. The van der Waals surface area contributed by atoms with Crippen molar-refractivity contribution in [3.63, 3.8) is 0 Å². The summed E-state index contributed by atoms with van der Waals surface area (Å²) in [4.78, 5) is 7.67. The number of benzene rings is 1. The molecule has 154 valence electrons. The Hall–Kier alpha value is -1.23. The molecule has 9 heteroatoms. The summed E-state index contributed by atoms with van der Waals surface area (Å²) in [6.45, 7) is 1.52. The Morgan fingerprint density at radius 3 is 2.56 bits per heavy atom. The van der Waals surface area contributed by atoms with Crippen LogP contribution in [0.1, 0.15) is 17.9 Å². The molecule has 0 saturated carbocycles. The molecule has 1 aliphatic heterocycles. The van der Waals surface area contributed by atoms with Crippen molar-refractivity contribution in [2.45, 2.75) is 18.5 Å². The molecule has 0 spiro atoms. The molecule has 1 saturated heterocycles. The normalized spacial score (nSPS) is 17.8. The first kappa shape index (κ1) is 23.8. The second-order valence-corrected chi connectivity index (χ2v) is 6.53. The van der Waals surface area contributed by atoms with Gasteiger partial charge in [0, 0.05) is 39.1 Å². The third-order valence-corrected chi connectivity index (χ3v) is 4.51. The largest absolute Gasteiger partial charge is 0.497 e. The molecule has 1 aromatic carbocycles. The highest BCUT2D eigenvalue weighted by molar-refractivity contribution is 14.0. The van der Waals surface area contributed by atoms with Gasteiger partial charge in [-0.15, -0.1) is 24.0 Å². The first-order valence-corrected chi connectivity index (χ1v) is 8.67. The number of nitrogens with zero attached hydrogens (tertiary/aromatic N) is 3. The molecule has 0 bridgehead atoms. The Kier molecular flexibility index (Phi) is 9.65. The predicted molar refractivity (Wildman–Crippen MR) is 112 cm³/mol. The molecule has 2 rings (SSSR count). The van der Waals surface area contributed by atoms with Gasteiger partial charge in [0.1, 0.15) is 5.75 Å². The third-order valence-electron chi connectivity index (χ3n) is 4.51. The lowest BCUT2D eigenvalue weighted by molar-refractivity contribution is -0.142. The second kappa shape index (κ2) is 10.9. The fraction of sp³-hybridized carbons (Fsp3) is 0.611. The number of likely N-dealkylation sites (N-methyl/N-ethyl adjacent to an activating group) is 1. The number of hydrogen-bond donors (Lipinski definition) is 1. The maximum Gasteiger partial charge on any atom is 0.401 e. The molecule has 1 aliphatic rings. The lowest BCUT2D eigenvalue weighted by Crippen LogP contribution is -2.43. The van der Waals surface area contributed by atoms with E-state index >= 15 is 0 Å². The number of ether oxygens (including phenoxy) is 1. The number of alkyl halides is 3. The molecule has 1 unspecified atom stereocenters. The second-order valence-electron chi connectivity index (χ2n) is 6.53. The number of methoxy groups -OCH3 is 1. The molecule has 1 heterocycles. The monoisotopic (exact) mass is 500 g/mol. The van der Waals surface area contributed by atoms with Crippen LogP contribution in [-0.2, 0) is 0 Å². The number of nitrogens with one attached hydrogen (secondary N) is 1. The van der Waals surface area contributed by atoms with Crippen molar-refractivity contribution < 1.29 is 17.9 Å². The quantitative estimate of drug-likeness (QED) is 0.370. The molecule has 0 aliphatic carbocycles. The highest BCUT2D eigenvalue weighted by Gasteiger charge is 2.29. The lowest BCUT2D eigenvalue weighted by Gasteiger charge is -2.24. The van der Waals surface area contributed by atoms with Crippen LogP contribution in [0.2, 0.25) is 0 Å². The predicted octanol–water partition coefficient (Wildman–Crippen LogP) is 3.17. The van der Waals surface area contributed by atoms with Gasteiger partial charge in [-0.2, -0.15) is 13.2 Å². The van der Waals surface area contributed by atoms with Gasteiger partial charge in [0.25, 0.3) is 0 Å². The standard InChI is InChI=1S/C18H27F3N4O.HI/c1-22-17(23-9-11-24(2)13-18(19,20)21)25-10-8-15(12-25)14-4-6-16(26-3)7-5-14;/h4-7,15H,8-13H2,1-3H3,(H,22,23);1H. The molecule has 0 amide bonds. The zero-order valence-corrected chi connectivity index (χ0v) is 18.3. The Bertz CT molecular complexity index is 595. The van der Waals surface area contributed by atoms with Crippen LogP contribution < -0.4 is 10.1 Å². The van der Waals surface area contributed by atoms with Crippen LogP contribution in [0, 0.1) is 0 Å². The number of likely N-dealkylation sites (tertiary alicyclic amines) is 1. The zero-order chi connectivity index (χ0) is 19.2. The van der Waals surface area contributed by atoms with E-state index in [2.05, 4.69) is 27.3 Å². The fourth-order valence-corrected chi connectivity index (χ4v) is 3.18. The molecule has 5 nitrogen and oxygen atoms in total. The van der Waals surface area contributed by atoms with E-state index in [1.165, 1.54) is 17.5 Å². The Morgan fingerprint density at radius 2 is 2.00 bits per heavy atom. The van der Waals surface area contributed by atoms with Crippen LogP contribution >= 0.6 is 24.0 Å².